The number of unbranched alkanes of at least 4 members (excludes halogenated alkanes) is 1. The van der Waals surface area contributed by atoms with E-state index in [1.807, 2.05) is 18.2 Å². The molecule has 22 heavy (non-hydrogen) atoms. The van der Waals surface area contributed by atoms with Crippen molar-refractivity contribution in [2.45, 2.75) is 45.6 Å². The standard InChI is InChI=1S/C18H24O4/c1-3-4-5-17-14(12-19)11-15(22-17)8-6-13-7-9-16(20)18(10-13)21-2/h7,9-11,19-20H,3-6,8,12H2,1-2H3. The molecule has 0 amide bonds. The van der Waals surface area contributed by atoms with Crippen LogP contribution in [0.5, 0.6) is 11.5 Å². The number of aryl methyl sites for hydroxylation is 3. The van der Waals surface area contributed by atoms with Crippen LogP contribution in [0.1, 0.15) is 42.4 Å². The molecule has 0 aliphatic rings. The van der Waals surface area contributed by atoms with E-state index in [-0.39, 0.29) is 12.4 Å². The molecule has 0 spiro atoms. The minimum atomic E-state index is 0.0234. The van der Waals surface area contributed by atoms with E-state index in [0.29, 0.717) is 5.75 Å². The molecule has 1 heterocycles. The van der Waals surface area contributed by atoms with Crippen molar-refractivity contribution in [3.63, 3.8) is 0 Å². The monoisotopic (exact) mass is 304 g/mol. The van der Waals surface area contributed by atoms with Gasteiger partial charge in [0.1, 0.15) is 11.5 Å². The fourth-order valence-electron chi connectivity index (χ4n) is 2.48. The van der Waals surface area contributed by atoms with Crippen molar-refractivity contribution in [2.75, 3.05) is 7.11 Å². The number of hydrogen-bond acceptors (Lipinski definition) is 4. The van der Waals surface area contributed by atoms with E-state index in [4.69, 9.17) is 9.15 Å². The first-order chi connectivity index (χ1) is 10.7. The molecule has 120 valence electrons. The number of methoxy groups -OCH3 is 1. The van der Waals surface area contributed by atoms with Gasteiger partial charge < -0.3 is 19.4 Å². The molecule has 1 aromatic carbocycles. The van der Waals surface area contributed by atoms with Gasteiger partial charge in [0.25, 0.3) is 0 Å². The Morgan fingerprint density at radius 1 is 1.14 bits per heavy atom. The Morgan fingerprint density at radius 3 is 2.64 bits per heavy atom. The van der Waals surface area contributed by atoms with Crippen molar-refractivity contribution in [2.24, 2.45) is 0 Å². The lowest BCUT2D eigenvalue weighted by Crippen LogP contribution is -1.92. The van der Waals surface area contributed by atoms with Crippen molar-refractivity contribution < 1.29 is 19.4 Å². The molecular weight excluding hydrogens is 280 g/mol. The number of phenolic OH excluding ortho intramolecular Hbond substituents is 1. The molecule has 2 rings (SSSR count). The summed E-state index contributed by atoms with van der Waals surface area (Å²) in [7, 11) is 1.54. The highest BCUT2D eigenvalue weighted by Crippen LogP contribution is 2.27. The van der Waals surface area contributed by atoms with Gasteiger partial charge in [0.15, 0.2) is 11.5 Å². The van der Waals surface area contributed by atoms with Gasteiger partial charge in [-0.2, -0.15) is 0 Å². The van der Waals surface area contributed by atoms with E-state index in [9.17, 15) is 10.2 Å². The largest absolute Gasteiger partial charge is 0.504 e. The molecule has 0 aliphatic heterocycles. The van der Waals surface area contributed by atoms with Gasteiger partial charge >= 0.3 is 0 Å². The van der Waals surface area contributed by atoms with Crippen molar-refractivity contribution in [1.82, 2.24) is 0 Å². The van der Waals surface area contributed by atoms with E-state index in [1.54, 1.807) is 13.2 Å². The first kappa shape index (κ1) is 16.4. The second kappa shape index (κ2) is 7.90. The SMILES string of the molecule is CCCCc1oc(CCc2ccc(O)c(OC)c2)cc1CO. The topological polar surface area (TPSA) is 62.8 Å². The number of aliphatic hydroxyl groups is 1. The minimum Gasteiger partial charge on any atom is -0.504 e. The fraction of sp³-hybridized carbons (Fsp3) is 0.444. The van der Waals surface area contributed by atoms with Crippen LogP contribution >= 0.6 is 0 Å². The number of aliphatic hydroxyl groups excluding tert-OH is 1. The van der Waals surface area contributed by atoms with Gasteiger partial charge in [0.2, 0.25) is 0 Å². The summed E-state index contributed by atoms with van der Waals surface area (Å²) in [6.07, 6.45) is 4.60. The van der Waals surface area contributed by atoms with Crippen LogP contribution in [0.2, 0.25) is 0 Å². The Bertz CT molecular complexity index is 601. The van der Waals surface area contributed by atoms with Gasteiger partial charge in [-0.05, 0) is 36.6 Å². The lowest BCUT2D eigenvalue weighted by molar-refractivity contribution is 0.277. The van der Waals surface area contributed by atoms with Gasteiger partial charge in [-0.3, -0.25) is 0 Å². The highest BCUT2D eigenvalue weighted by atomic mass is 16.5. The third-order valence-electron chi connectivity index (χ3n) is 3.78. The second-order valence-electron chi connectivity index (χ2n) is 5.43. The molecule has 0 bridgehead atoms. The maximum absolute atomic E-state index is 9.60. The van der Waals surface area contributed by atoms with Crippen LogP contribution in [0.25, 0.3) is 0 Å². The average Bonchev–Trinajstić information content (AvgIpc) is 2.94. The van der Waals surface area contributed by atoms with Crippen LogP contribution in [0, 0.1) is 0 Å². The highest BCUT2D eigenvalue weighted by molar-refractivity contribution is 5.41. The molecule has 2 N–H and O–H groups in total. The molecule has 0 saturated heterocycles. The summed E-state index contributed by atoms with van der Waals surface area (Å²) in [4.78, 5) is 0. The molecule has 1 aromatic heterocycles. The molecule has 0 radical (unpaired) electrons. The maximum Gasteiger partial charge on any atom is 0.160 e. The molecule has 0 atom stereocenters. The lowest BCUT2D eigenvalue weighted by Gasteiger charge is -2.06. The minimum absolute atomic E-state index is 0.0234. The summed E-state index contributed by atoms with van der Waals surface area (Å²) in [5.74, 6) is 2.43. The normalized spacial score (nSPS) is 10.9. The maximum atomic E-state index is 9.60. The number of hydrogen-bond donors (Lipinski definition) is 2. The zero-order valence-electron chi connectivity index (χ0n) is 13.3. The van der Waals surface area contributed by atoms with Crippen LogP contribution in [0.3, 0.4) is 0 Å². The third kappa shape index (κ3) is 4.04. The van der Waals surface area contributed by atoms with Crippen molar-refractivity contribution in [1.29, 1.82) is 0 Å². The summed E-state index contributed by atoms with van der Waals surface area (Å²) in [5, 5.41) is 19.0. The van der Waals surface area contributed by atoms with E-state index < -0.39 is 0 Å². The Kier molecular flexibility index (Phi) is 5.90. The summed E-state index contributed by atoms with van der Waals surface area (Å²) >= 11 is 0. The molecular formula is C18H24O4. The van der Waals surface area contributed by atoms with E-state index in [2.05, 4.69) is 6.92 Å². The average molecular weight is 304 g/mol. The van der Waals surface area contributed by atoms with Crippen molar-refractivity contribution in [3.8, 4) is 11.5 Å². The van der Waals surface area contributed by atoms with E-state index in [1.165, 1.54) is 0 Å². The zero-order valence-corrected chi connectivity index (χ0v) is 13.3. The lowest BCUT2D eigenvalue weighted by atomic mass is 10.1. The molecule has 0 unspecified atom stereocenters. The molecule has 2 aromatic rings. The zero-order chi connectivity index (χ0) is 15.9. The van der Waals surface area contributed by atoms with Gasteiger partial charge in [0, 0.05) is 18.4 Å². The number of furan rings is 1. The Morgan fingerprint density at radius 2 is 1.95 bits per heavy atom. The Labute approximate surface area is 131 Å². The quantitative estimate of drug-likeness (QED) is 0.782. The van der Waals surface area contributed by atoms with Crippen LogP contribution in [0.15, 0.2) is 28.7 Å². The first-order valence-corrected chi connectivity index (χ1v) is 7.75. The van der Waals surface area contributed by atoms with E-state index in [0.717, 1.165) is 54.8 Å². The second-order valence-corrected chi connectivity index (χ2v) is 5.43. The summed E-state index contributed by atoms with van der Waals surface area (Å²) in [5.41, 5.74) is 1.97. The van der Waals surface area contributed by atoms with Gasteiger partial charge in [-0.1, -0.05) is 19.4 Å². The summed E-state index contributed by atoms with van der Waals surface area (Å²) in [6.45, 7) is 2.16. The number of phenols is 1. The number of rotatable bonds is 8. The summed E-state index contributed by atoms with van der Waals surface area (Å²) in [6, 6.07) is 7.31. The summed E-state index contributed by atoms with van der Waals surface area (Å²) < 4.78 is 11.0. The van der Waals surface area contributed by atoms with Crippen LogP contribution < -0.4 is 4.74 Å². The molecule has 4 nitrogen and oxygen atoms in total. The molecule has 0 fully saturated rings. The third-order valence-corrected chi connectivity index (χ3v) is 3.78. The van der Waals surface area contributed by atoms with Gasteiger partial charge in [-0.15, -0.1) is 0 Å². The number of aromatic hydroxyl groups is 1. The first-order valence-electron chi connectivity index (χ1n) is 7.75. The highest BCUT2D eigenvalue weighted by Gasteiger charge is 2.11. The number of ether oxygens (including phenoxy) is 1. The van der Waals surface area contributed by atoms with Gasteiger partial charge in [0.05, 0.1) is 13.7 Å². The predicted octanol–water partition coefficient (Wildman–Crippen LogP) is 3.61. The van der Waals surface area contributed by atoms with Crippen molar-refractivity contribution in [3.05, 3.63) is 46.9 Å². The molecule has 0 saturated carbocycles. The van der Waals surface area contributed by atoms with Crippen LogP contribution in [-0.4, -0.2) is 17.3 Å². The molecule has 4 heteroatoms. The van der Waals surface area contributed by atoms with Crippen LogP contribution in [-0.2, 0) is 25.9 Å². The van der Waals surface area contributed by atoms with Gasteiger partial charge in [-0.25, -0.2) is 0 Å². The predicted molar refractivity (Wildman–Crippen MR) is 85.3 cm³/mol. The van der Waals surface area contributed by atoms with E-state index >= 15 is 0 Å². The smallest absolute Gasteiger partial charge is 0.160 e. The van der Waals surface area contributed by atoms with Crippen molar-refractivity contribution >= 4 is 0 Å². The fourth-order valence-corrected chi connectivity index (χ4v) is 2.48. The molecule has 0 aliphatic carbocycles. The Balaban J connectivity index is 2.03. The Hall–Kier alpha value is -1.94. The van der Waals surface area contributed by atoms with Crippen LogP contribution in [0.4, 0.5) is 0 Å². The number of benzene rings is 1.